The van der Waals surface area contributed by atoms with Gasteiger partial charge in [-0.25, -0.2) is 4.98 Å². The first-order chi connectivity index (χ1) is 31.7. The molecule has 296 valence electrons. The third-order valence-electron chi connectivity index (χ3n) is 13.2. The standard InChI is InChI=1S/C59H34N4O/c1-6-20-40-35(15-1)29-31-50-54(40)55-41-21-7-2-16-36(41)30-32-51(55)63(50)59-61-57(46-26-12-11-25-45(46)48-33-37-17-3-5-19-39(37)43-23-9-10-24-44(43)48)60-58(62-59)49-34-38-18-4-8-22-42(38)56-53(49)47-27-13-14-28-52(47)64-56/h1-34H. The van der Waals surface area contributed by atoms with Crippen LogP contribution in [-0.2, 0) is 0 Å². The van der Waals surface area contributed by atoms with E-state index in [2.05, 4.69) is 199 Å². The van der Waals surface area contributed by atoms with Crippen LogP contribution in [0.4, 0.5) is 0 Å². The summed E-state index contributed by atoms with van der Waals surface area (Å²) < 4.78 is 8.97. The molecule has 0 spiro atoms. The monoisotopic (exact) mass is 814 g/mol. The van der Waals surface area contributed by atoms with E-state index in [0.29, 0.717) is 17.6 Å². The highest BCUT2D eigenvalue weighted by Gasteiger charge is 2.24. The van der Waals surface area contributed by atoms with Gasteiger partial charge in [-0.3, -0.25) is 4.57 Å². The van der Waals surface area contributed by atoms with Crippen LogP contribution in [0.5, 0.6) is 0 Å². The van der Waals surface area contributed by atoms with Crippen molar-refractivity contribution in [1.82, 2.24) is 19.5 Å². The quantitative estimate of drug-likeness (QED) is 0.166. The highest BCUT2D eigenvalue weighted by Crippen LogP contribution is 2.44. The van der Waals surface area contributed by atoms with Gasteiger partial charge in [0.1, 0.15) is 11.2 Å². The summed E-state index contributed by atoms with van der Waals surface area (Å²) in [5.74, 6) is 1.69. The lowest BCUT2D eigenvalue weighted by molar-refractivity contribution is 0.672. The minimum absolute atomic E-state index is 0.540. The Balaban J connectivity index is 1.14. The van der Waals surface area contributed by atoms with Crippen LogP contribution in [0.3, 0.4) is 0 Å². The number of hydrogen-bond donors (Lipinski definition) is 0. The van der Waals surface area contributed by atoms with E-state index in [-0.39, 0.29) is 0 Å². The molecule has 0 fully saturated rings. The Kier molecular flexibility index (Phi) is 7.33. The van der Waals surface area contributed by atoms with E-state index in [9.17, 15) is 0 Å². The van der Waals surface area contributed by atoms with Crippen molar-refractivity contribution in [2.24, 2.45) is 0 Å². The van der Waals surface area contributed by atoms with E-state index in [1.807, 2.05) is 12.1 Å². The van der Waals surface area contributed by atoms with E-state index in [1.54, 1.807) is 0 Å². The van der Waals surface area contributed by atoms with Crippen molar-refractivity contribution in [3.8, 4) is 39.9 Å². The second-order valence-electron chi connectivity index (χ2n) is 16.7. The molecule has 0 aliphatic heterocycles. The maximum absolute atomic E-state index is 6.72. The first-order valence-electron chi connectivity index (χ1n) is 21.7. The molecule has 14 aromatic rings. The van der Waals surface area contributed by atoms with Crippen LogP contribution in [0.25, 0.3) is 137 Å². The van der Waals surface area contributed by atoms with Crippen molar-refractivity contribution < 1.29 is 4.42 Å². The molecule has 0 saturated heterocycles. The van der Waals surface area contributed by atoms with Gasteiger partial charge >= 0.3 is 0 Å². The number of rotatable bonds is 4. The van der Waals surface area contributed by atoms with Gasteiger partial charge in [0, 0.05) is 38.1 Å². The van der Waals surface area contributed by atoms with Crippen LogP contribution in [-0.4, -0.2) is 19.5 Å². The Labute approximate surface area is 366 Å². The Morgan fingerprint density at radius 2 is 0.797 bits per heavy atom. The minimum atomic E-state index is 0.540. The van der Waals surface area contributed by atoms with Gasteiger partial charge in [0.25, 0.3) is 0 Å². The Bertz CT molecular complexity index is 4180. The fourth-order valence-electron chi connectivity index (χ4n) is 10.4. The van der Waals surface area contributed by atoms with Gasteiger partial charge < -0.3 is 4.42 Å². The number of hydrogen-bond acceptors (Lipinski definition) is 4. The Hall–Kier alpha value is -8.67. The third kappa shape index (κ3) is 5.03. The lowest BCUT2D eigenvalue weighted by Gasteiger charge is -2.16. The summed E-state index contributed by atoms with van der Waals surface area (Å²) in [7, 11) is 0. The summed E-state index contributed by atoms with van der Waals surface area (Å²) in [5, 5.41) is 15.9. The van der Waals surface area contributed by atoms with Crippen LogP contribution in [0.2, 0.25) is 0 Å². The molecule has 0 unspecified atom stereocenters. The maximum atomic E-state index is 6.72. The normalized spacial score (nSPS) is 12.1. The van der Waals surface area contributed by atoms with Crippen LogP contribution in [0.15, 0.2) is 211 Å². The number of para-hydroxylation sites is 1. The number of benzene rings is 11. The number of fused-ring (bicyclic) bond motifs is 15. The van der Waals surface area contributed by atoms with Gasteiger partial charge in [-0.1, -0.05) is 176 Å². The summed E-state index contributed by atoms with van der Waals surface area (Å²) in [6.45, 7) is 0. The van der Waals surface area contributed by atoms with Crippen LogP contribution in [0.1, 0.15) is 0 Å². The molecule has 0 amide bonds. The van der Waals surface area contributed by atoms with Crippen molar-refractivity contribution in [1.29, 1.82) is 0 Å². The van der Waals surface area contributed by atoms with Gasteiger partial charge in [-0.2, -0.15) is 9.97 Å². The summed E-state index contributed by atoms with van der Waals surface area (Å²) in [4.78, 5) is 16.7. The molecule has 3 aromatic heterocycles. The lowest BCUT2D eigenvalue weighted by atomic mass is 9.91. The van der Waals surface area contributed by atoms with Crippen molar-refractivity contribution in [2.45, 2.75) is 0 Å². The van der Waals surface area contributed by atoms with Crippen molar-refractivity contribution >= 4 is 97.6 Å². The zero-order valence-corrected chi connectivity index (χ0v) is 34.3. The topological polar surface area (TPSA) is 56.7 Å². The molecule has 3 heterocycles. The molecule has 0 saturated carbocycles. The molecule has 0 aliphatic carbocycles. The predicted molar refractivity (Wildman–Crippen MR) is 265 cm³/mol. The molecule has 0 aliphatic rings. The maximum Gasteiger partial charge on any atom is 0.238 e. The van der Waals surface area contributed by atoms with Crippen LogP contribution < -0.4 is 0 Å². The third-order valence-corrected chi connectivity index (χ3v) is 13.2. The predicted octanol–water partition coefficient (Wildman–Crippen LogP) is 15.6. The molecule has 64 heavy (non-hydrogen) atoms. The summed E-state index contributed by atoms with van der Waals surface area (Å²) in [5.41, 5.74) is 7.66. The second kappa shape index (κ2) is 13.4. The number of nitrogens with zero attached hydrogens (tertiary/aromatic N) is 4. The van der Waals surface area contributed by atoms with Crippen LogP contribution in [0, 0.1) is 0 Å². The molecule has 5 nitrogen and oxygen atoms in total. The van der Waals surface area contributed by atoms with Gasteiger partial charge in [-0.15, -0.1) is 0 Å². The molecule has 0 atom stereocenters. The van der Waals surface area contributed by atoms with Crippen molar-refractivity contribution in [2.75, 3.05) is 0 Å². The SMILES string of the molecule is c1ccc(-c2cc3ccccc3c3ccccc23)c(-c2nc(-c3cc4ccccc4c4oc5ccccc5c34)nc(-n3c4ccc5ccccc5c4c4c5ccccc5ccc43)n2)c1. The average molecular weight is 815 g/mol. The smallest absolute Gasteiger partial charge is 0.238 e. The van der Waals surface area contributed by atoms with Gasteiger partial charge in [-0.05, 0) is 89.9 Å². The highest BCUT2D eigenvalue weighted by molar-refractivity contribution is 6.28. The lowest BCUT2D eigenvalue weighted by Crippen LogP contribution is -2.07. The van der Waals surface area contributed by atoms with Gasteiger partial charge in [0.2, 0.25) is 5.95 Å². The summed E-state index contributed by atoms with van der Waals surface area (Å²) >= 11 is 0. The first kappa shape index (κ1) is 35.0. The highest BCUT2D eigenvalue weighted by atomic mass is 16.3. The van der Waals surface area contributed by atoms with E-state index in [4.69, 9.17) is 19.4 Å². The molecular formula is C59H34N4O. The van der Waals surface area contributed by atoms with Gasteiger partial charge in [0.15, 0.2) is 11.6 Å². The molecule has 5 heteroatoms. The molecule has 11 aromatic carbocycles. The first-order valence-corrected chi connectivity index (χ1v) is 21.7. The Morgan fingerprint density at radius 3 is 1.48 bits per heavy atom. The van der Waals surface area contributed by atoms with Gasteiger partial charge in [0.05, 0.1) is 11.0 Å². The Morgan fingerprint density at radius 1 is 0.312 bits per heavy atom. The molecule has 0 bridgehead atoms. The van der Waals surface area contributed by atoms with E-state index < -0.39 is 0 Å². The largest absolute Gasteiger partial charge is 0.455 e. The minimum Gasteiger partial charge on any atom is -0.455 e. The average Bonchev–Trinajstić information content (AvgIpc) is 3.93. The molecular weight excluding hydrogens is 781 g/mol. The number of furan rings is 1. The molecule has 0 N–H and O–H groups in total. The fraction of sp³-hybridized carbons (Fsp3) is 0. The van der Waals surface area contributed by atoms with Crippen LogP contribution >= 0.6 is 0 Å². The van der Waals surface area contributed by atoms with E-state index in [1.165, 1.54) is 53.9 Å². The second-order valence-corrected chi connectivity index (χ2v) is 16.7. The molecule has 0 radical (unpaired) electrons. The van der Waals surface area contributed by atoms with Crippen molar-refractivity contribution in [3.05, 3.63) is 206 Å². The summed E-state index contributed by atoms with van der Waals surface area (Å²) in [6.07, 6.45) is 0. The summed E-state index contributed by atoms with van der Waals surface area (Å²) in [6, 6.07) is 73.2. The molecule has 14 rings (SSSR count). The van der Waals surface area contributed by atoms with Crippen molar-refractivity contribution in [3.63, 3.8) is 0 Å². The van der Waals surface area contributed by atoms with E-state index in [0.717, 1.165) is 66.0 Å². The zero-order chi connectivity index (χ0) is 41.9. The zero-order valence-electron chi connectivity index (χ0n) is 34.3. The fourth-order valence-corrected chi connectivity index (χ4v) is 10.4. The number of aromatic nitrogens is 4. The van der Waals surface area contributed by atoms with E-state index >= 15 is 0 Å².